The molecule has 1 N–H and O–H groups in total. The number of halogens is 3. The van der Waals surface area contributed by atoms with Crippen molar-refractivity contribution >= 4 is 10.0 Å². The number of alkyl halides is 3. The van der Waals surface area contributed by atoms with Gasteiger partial charge in [-0.3, -0.25) is 0 Å². The normalized spacial score (nSPS) is 11.8. The van der Waals surface area contributed by atoms with Crippen LogP contribution < -0.4 is 23.6 Å². The van der Waals surface area contributed by atoms with Gasteiger partial charge in [-0.2, -0.15) is 0 Å². The van der Waals surface area contributed by atoms with Gasteiger partial charge in [-0.25, -0.2) is 8.42 Å². The second-order valence-corrected chi connectivity index (χ2v) is 4.00. The van der Waals surface area contributed by atoms with Crippen molar-refractivity contribution in [3.8, 4) is 5.75 Å². The molecule has 16 heavy (non-hydrogen) atoms. The van der Waals surface area contributed by atoms with Crippen LogP contribution in [-0.2, 0) is 10.0 Å². The minimum Gasteiger partial charge on any atom is -0.560 e. The zero-order chi connectivity index (χ0) is 11.7. The SMILES string of the molecule is [Li+].[NH-]S(=O)(=O)c1ccc(OC(F)(F)F)cc1. The monoisotopic (exact) mass is 247 g/mol. The van der Waals surface area contributed by atoms with E-state index in [1.807, 2.05) is 0 Å². The van der Waals surface area contributed by atoms with Crippen molar-refractivity contribution in [1.29, 1.82) is 0 Å². The maximum Gasteiger partial charge on any atom is 1.00 e. The van der Waals surface area contributed by atoms with Crippen molar-refractivity contribution in [2.45, 2.75) is 11.3 Å². The first-order valence-corrected chi connectivity index (χ1v) is 5.02. The van der Waals surface area contributed by atoms with Crippen LogP contribution in [0, 0.1) is 0 Å². The van der Waals surface area contributed by atoms with Gasteiger partial charge >= 0.3 is 25.2 Å². The molecule has 0 aliphatic rings. The summed E-state index contributed by atoms with van der Waals surface area (Å²) < 4.78 is 59.9. The van der Waals surface area contributed by atoms with Gasteiger partial charge in [-0.05, 0) is 24.3 Å². The van der Waals surface area contributed by atoms with Gasteiger partial charge in [-0.1, -0.05) is 0 Å². The molecule has 0 aliphatic heterocycles. The summed E-state index contributed by atoms with van der Waals surface area (Å²) >= 11 is 0. The number of hydrogen-bond donors (Lipinski definition) is 0. The maximum absolute atomic E-state index is 11.7. The van der Waals surface area contributed by atoms with Crippen LogP contribution in [0.5, 0.6) is 5.75 Å². The molecule has 0 radical (unpaired) electrons. The molecule has 84 valence electrons. The Morgan fingerprint density at radius 2 is 1.56 bits per heavy atom. The Kier molecular flexibility index (Phi) is 4.88. The first-order chi connectivity index (χ1) is 6.68. The zero-order valence-corrected chi connectivity index (χ0v) is 8.89. The van der Waals surface area contributed by atoms with E-state index in [0.717, 1.165) is 24.3 Å². The molecule has 0 amide bonds. The molecule has 4 nitrogen and oxygen atoms in total. The molecule has 0 aromatic heterocycles. The van der Waals surface area contributed by atoms with E-state index in [1.165, 1.54) is 0 Å². The standard InChI is InChI=1S/C7H5F3NO3S.Li/c8-7(9,10)14-5-1-3-6(4-2-5)15(11,12)13;/h1-4H,(H-,11,12,13);/q-1;+1. The fraction of sp³-hybridized carbons (Fsp3) is 0.143. The van der Waals surface area contributed by atoms with E-state index in [2.05, 4.69) is 4.74 Å². The molecule has 0 spiro atoms. The molecule has 0 bridgehead atoms. The second kappa shape index (κ2) is 5.10. The Balaban J connectivity index is 0.00000225. The van der Waals surface area contributed by atoms with Crippen molar-refractivity contribution in [3.05, 3.63) is 29.4 Å². The molecule has 0 fully saturated rings. The van der Waals surface area contributed by atoms with Crippen LogP contribution in [0.25, 0.3) is 5.14 Å². The van der Waals surface area contributed by atoms with Crippen molar-refractivity contribution in [1.82, 2.24) is 0 Å². The third kappa shape index (κ3) is 4.89. The molecule has 0 heterocycles. The van der Waals surface area contributed by atoms with E-state index in [1.54, 1.807) is 0 Å². The Labute approximate surface area is 102 Å². The summed E-state index contributed by atoms with van der Waals surface area (Å²) in [7, 11) is -4.15. The third-order valence-electron chi connectivity index (χ3n) is 1.37. The van der Waals surface area contributed by atoms with Gasteiger partial charge in [-0.15, -0.1) is 13.2 Å². The smallest absolute Gasteiger partial charge is 0.560 e. The average Bonchev–Trinajstić information content (AvgIpc) is 2.00. The number of nitrogens with one attached hydrogen (secondary N) is 1. The van der Waals surface area contributed by atoms with E-state index >= 15 is 0 Å². The first-order valence-electron chi connectivity index (χ1n) is 3.54. The van der Waals surface area contributed by atoms with E-state index in [9.17, 15) is 21.6 Å². The largest absolute Gasteiger partial charge is 1.00 e. The van der Waals surface area contributed by atoms with Crippen LogP contribution in [0.1, 0.15) is 0 Å². The summed E-state index contributed by atoms with van der Waals surface area (Å²) in [5.41, 5.74) is 0. The van der Waals surface area contributed by atoms with Crippen LogP contribution in [0.4, 0.5) is 13.2 Å². The Morgan fingerprint density at radius 3 is 1.88 bits per heavy atom. The van der Waals surface area contributed by atoms with E-state index < -0.39 is 27.0 Å². The Hall–Kier alpha value is -0.683. The van der Waals surface area contributed by atoms with Gasteiger partial charge in [0.15, 0.2) is 0 Å². The van der Waals surface area contributed by atoms with Crippen LogP contribution in [0.15, 0.2) is 29.2 Å². The molecular weight excluding hydrogens is 242 g/mol. The minimum atomic E-state index is -4.82. The van der Waals surface area contributed by atoms with E-state index in [4.69, 9.17) is 5.14 Å². The Morgan fingerprint density at radius 1 is 1.12 bits per heavy atom. The number of benzene rings is 1. The second-order valence-electron chi connectivity index (χ2n) is 2.52. The van der Waals surface area contributed by atoms with Crippen LogP contribution >= 0.6 is 0 Å². The predicted octanol–water partition coefficient (Wildman–Crippen LogP) is -0.670. The predicted molar refractivity (Wildman–Crippen MR) is 44.6 cm³/mol. The summed E-state index contributed by atoms with van der Waals surface area (Å²) in [5, 5.41) is 6.63. The number of hydrogen-bond acceptors (Lipinski definition) is 3. The summed E-state index contributed by atoms with van der Waals surface area (Å²) in [5.74, 6) is -0.532. The fourth-order valence-corrected chi connectivity index (χ4v) is 1.31. The molecule has 0 saturated heterocycles. The van der Waals surface area contributed by atoms with Gasteiger partial charge in [0.1, 0.15) is 5.75 Å². The summed E-state index contributed by atoms with van der Waals surface area (Å²) in [4.78, 5) is -0.392. The van der Waals surface area contributed by atoms with Crippen molar-refractivity contribution in [2.24, 2.45) is 0 Å². The molecule has 9 heteroatoms. The maximum atomic E-state index is 11.7. The molecule has 0 atom stereocenters. The molecule has 1 rings (SSSR count). The van der Waals surface area contributed by atoms with Crippen molar-refractivity contribution < 1.29 is 45.2 Å². The molecular formula is C7H5F3LiNO3S. The Bertz CT molecular complexity index is 443. The van der Waals surface area contributed by atoms with Gasteiger partial charge in [0.05, 0.1) is 10.0 Å². The van der Waals surface area contributed by atoms with Crippen molar-refractivity contribution in [3.63, 3.8) is 0 Å². The summed E-state index contributed by atoms with van der Waals surface area (Å²) in [6.07, 6.45) is -4.82. The molecule has 1 aromatic rings. The zero-order valence-electron chi connectivity index (χ0n) is 8.08. The van der Waals surface area contributed by atoms with Gasteiger partial charge in [0, 0.05) is 4.90 Å². The van der Waals surface area contributed by atoms with Crippen LogP contribution in [-0.4, -0.2) is 14.8 Å². The molecule has 1 aromatic carbocycles. The van der Waals surface area contributed by atoms with Gasteiger partial charge < -0.3 is 9.88 Å². The van der Waals surface area contributed by atoms with E-state index in [-0.39, 0.29) is 18.9 Å². The van der Waals surface area contributed by atoms with Crippen LogP contribution in [0.3, 0.4) is 0 Å². The minimum absolute atomic E-state index is 0. The molecule has 0 aliphatic carbocycles. The molecule has 0 unspecified atom stereocenters. The summed E-state index contributed by atoms with van der Waals surface area (Å²) in [6, 6.07) is 3.39. The number of rotatable bonds is 2. The quantitative estimate of drug-likeness (QED) is 0.651. The molecule has 0 saturated carbocycles. The topological polar surface area (TPSA) is 67.2 Å². The van der Waals surface area contributed by atoms with Gasteiger partial charge in [0.2, 0.25) is 0 Å². The fourth-order valence-electron chi connectivity index (χ4n) is 0.820. The number of ether oxygens (including phenoxy) is 1. The summed E-state index contributed by atoms with van der Waals surface area (Å²) in [6.45, 7) is 0. The average molecular weight is 247 g/mol. The van der Waals surface area contributed by atoms with Crippen LogP contribution in [0.2, 0.25) is 0 Å². The van der Waals surface area contributed by atoms with Crippen molar-refractivity contribution in [2.75, 3.05) is 0 Å². The number of sulfonamides is 1. The van der Waals surface area contributed by atoms with E-state index in [0.29, 0.717) is 0 Å². The van der Waals surface area contributed by atoms with Gasteiger partial charge in [0.25, 0.3) is 0 Å². The third-order valence-corrected chi connectivity index (χ3v) is 2.26. The first kappa shape index (κ1) is 15.3.